The molecule has 2 aliphatic heterocycles. The van der Waals surface area contributed by atoms with Gasteiger partial charge < -0.3 is 14.6 Å². The van der Waals surface area contributed by atoms with Crippen LogP contribution in [0.25, 0.3) is 0 Å². The van der Waals surface area contributed by atoms with E-state index in [1.165, 1.54) is 32.4 Å². The third-order valence-electron chi connectivity index (χ3n) is 5.02. The minimum Gasteiger partial charge on any atom is -0.443 e. The Morgan fingerprint density at radius 2 is 2.08 bits per heavy atom. The maximum absolute atomic E-state index is 5.85. The van der Waals surface area contributed by atoms with Crippen LogP contribution in [0, 0.1) is 0 Å². The molecular weight excluding hydrogens is 302 g/mol. The first-order valence-electron chi connectivity index (χ1n) is 9.12. The second kappa shape index (κ2) is 7.13. The molecule has 3 rings (SSSR count). The molecule has 2 aliphatic rings. The number of guanidine groups is 1. The van der Waals surface area contributed by atoms with Crippen molar-refractivity contribution in [1.82, 2.24) is 20.1 Å². The van der Waals surface area contributed by atoms with Crippen LogP contribution >= 0.6 is 0 Å². The highest BCUT2D eigenvalue weighted by Crippen LogP contribution is 2.23. The van der Waals surface area contributed by atoms with Crippen molar-refractivity contribution in [1.29, 1.82) is 0 Å². The van der Waals surface area contributed by atoms with E-state index in [1.54, 1.807) is 0 Å². The van der Waals surface area contributed by atoms with E-state index in [1.807, 2.05) is 13.2 Å². The average Bonchev–Trinajstić information content (AvgIpc) is 3.28. The lowest BCUT2D eigenvalue weighted by Crippen LogP contribution is -2.42. The second-order valence-corrected chi connectivity index (χ2v) is 7.90. The molecule has 6 heteroatoms. The summed E-state index contributed by atoms with van der Waals surface area (Å²) in [5.74, 6) is 2.59. The summed E-state index contributed by atoms with van der Waals surface area (Å²) in [4.78, 5) is 13.8. The van der Waals surface area contributed by atoms with Crippen LogP contribution in [-0.2, 0) is 12.0 Å². The first-order chi connectivity index (χ1) is 11.5. The Morgan fingerprint density at radius 3 is 2.71 bits per heavy atom. The molecule has 1 unspecified atom stereocenters. The molecule has 1 aromatic rings. The van der Waals surface area contributed by atoms with E-state index in [4.69, 9.17) is 4.42 Å². The maximum Gasteiger partial charge on any atom is 0.213 e. The topological polar surface area (TPSA) is 56.9 Å². The average molecular weight is 333 g/mol. The summed E-state index contributed by atoms with van der Waals surface area (Å²) in [6.45, 7) is 11.6. The molecular formula is C18H31N5O. The fourth-order valence-electron chi connectivity index (χ4n) is 3.56. The largest absolute Gasteiger partial charge is 0.443 e. The normalized spacial score (nSPS) is 23.2. The monoisotopic (exact) mass is 333 g/mol. The van der Waals surface area contributed by atoms with Gasteiger partial charge in [-0.05, 0) is 32.4 Å². The lowest BCUT2D eigenvalue weighted by Gasteiger charge is -2.25. The lowest BCUT2D eigenvalue weighted by atomic mass is 9.94. The molecule has 1 aromatic heterocycles. The van der Waals surface area contributed by atoms with E-state index >= 15 is 0 Å². The van der Waals surface area contributed by atoms with E-state index in [0.29, 0.717) is 12.6 Å². The highest BCUT2D eigenvalue weighted by atomic mass is 16.4. The molecule has 1 N–H and O–H groups in total. The lowest BCUT2D eigenvalue weighted by molar-refractivity contribution is 0.249. The van der Waals surface area contributed by atoms with Crippen molar-refractivity contribution >= 4 is 5.96 Å². The number of likely N-dealkylation sites (tertiary alicyclic amines) is 2. The van der Waals surface area contributed by atoms with Crippen molar-refractivity contribution in [2.24, 2.45) is 4.99 Å². The number of hydrogen-bond acceptors (Lipinski definition) is 4. The van der Waals surface area contributed by atoms with Crippen LogP contribution in [0.3, 0.4) is 0 Å². The van der Waals surface area contributed by atoms with E-state index in [0.717, 1.165) is 30.7 Å². The van der Waals surface area contributed by atoms with Gasteiger partial charge in [0.2, 0.25) is 5.89 Å². The van der Waals surface area contributed by atoms with Crippen LogP contribution in [0.15, 0.2) is 15.6 Å². The zero-order chi connectivity index (χ0) is 17.2. The standard InChI is InChI=1S/C18H31N5O/c1-18(2,3)15-11-20-16(24-15)12-21-17(19-4)23-10-7-14(13-23)22-8-5-6-9-22/h11,14H,5-10,12-13H2,1-4H3,(H,19,21). The van der Waals surface area contributed by atoms with E-state index in [2.05, 4.69) is 45.9 Å². The fraction of sp³-hybridized carbons (Fsp3) is 0.778. The van der Waals surface area contributed by atoms with Crippen molar-refractivity contribution in [2.45, 2.75) is 58.0 Å². The Hall–Kier alpha value is -1.56. The predicted octanol–water partition coefficient (Wildman–Crippen LogP) is 2.22. The highest BCUT2D eigenvalue weighted by molar-refractivity contribution is 5.80. The number of aliphatic imine (C=N–C) groups is 1. The van der Waals surface area contributed by atoms with Gasteiger partial charge >= 0.3 is 0 Å². The molecule has 1 atom stereocenters. The number of hydrogen-bond donors (Lipinski definition) is 1. The molecule has 24 heavy (non-hydrogen) atoms. The molecule has 0 amide bonds. The molecule has 3 heterocycles. The van der Waals surface area contributed by atoms with E-state index in [-0.39, 0.29) is 5.41 Å². The predicted molar refractivity (Wildman–Crippen MR) is 96.2 cm³/mol. The smallest absolute Gasteiger partial charge is 0.213 e. The van der Waals surface area contributed by atoms with Gasteiger partial charge in [-0.25, -0.2) is 4.98 Å². The van der Waals surface area contributed by atoms with Crippen LogP contribution in [0.1, 0.15) is 51.7 Å². The van der Waals surface area contributed by atoms with Crippen LogP contribution in [0.5, 0.6) is 0 Å². The second-order valence-electron chi connectivity index (χ2n) is 7.90. The van der Waals surface area contributed by atoms with Crippen molar-refractivity contribution in [3.8, 4) is 0 Å². The van der Waals surface area contributed by atoms with Gasteiger partial charge in [0.1, 0.15) is 5.76 Å². The highest BCUT2D eigenvalue weighted by Gasteiger charge is 2.30. The van der Waals surface area contributed by atoms with Crippen LogP contribution in [0.2, 0.25) is 0 Å². The van der Waals surface area contributed by atoms with Gasteiger partial charge in [-0.1, -0.05) is 20.8 Å². The molecule has 134 valence electrons. The maximum atomic E-state index is 5.85. The Balaban J connectivity index is 1.53. The van der Waals surface area contributed by atoms with Gasteiger partial charge in [0, 0.05) is 31.6 Å². The number of nitrogens with zero attached hydrogens (tertiary/aromatic N) is 4. The van der Waals surface area contributed by atoms with Gasteiger partial charge in [0.25, 0.3) is 0 Å². The Morgan fingerprint density at radius 1 is 1.33 bits per heavy atom. The van der Waals surface area contributed by atoms with Crippen LogP contribution < -0.4 is 5.32 Å². The summed E-state index contributed by atoms with van der Waals surface area (Å²) < 4.78 is 5.85. The SMILES string of the molecule is CN=C(NCc1ncc(C(C)(C)C)o1)N1CCC(N2CCCC2)C1. The zero-order valence-electron chi connectivity index (χ0n) is 15.5. The summed E-state index contributed by atoms with van der Waals surface area (Å²) in [6.07, 6.45) is 5.76. The molecule has 2 saturated heterocycles. The Bertz CT molecular complexity index is 568. The van der Waals surface area contributed by atoms with Crippen molar-refractivity contribution < 1.29 is 4.42 Å². The summed E-state index contributed by atoms with van der Waals surface area (Å²) >= 11 is 0. The van der Waals surface area contributed by atoms with Gasteiger partial charge in [0.05, 0.1) is 12.7 Å². The van der Waals surface area contributed by atoms with Crippen LogP contribution in [-0.4, -0.2) is 60.0 Å². The molecule has 0 aromatic carbocycles. The number of nitrogens with one attached hydrogen (secondary N) is 1. The van der Waals surface area contributed by atoms with Crippen LogP contribution in [0.4, 0.5) is 0 Å². The Kier molecular flexibility index (Phi) is 5.13. The number of rotatable bonds is 3. The number of aromatic nitrogens is 1. The summed E-state index contributed by atoms with van der Waals surface area (Å²) in [7, 11) is 1.85. The molecule has 0 spiro atoms. The zero-order valence-corrected chi connectivity index (χ0v) is 15.5. The van der Waals surface area contributed by atoms with Crippen molar-refractivity contribution in [3.05, 3.63) is 17.8 Å². The van der Waals surface area contributed by atoms with Gasteiger partial charge in [-0.3, -0.25) is 9.89 Å². The first-order valence-corrected chi connectivity index (χ1v) is 9.12. The molecule has 6 nitrogen and oxygen atoms in total. The minimum atomic E-state index is -0.00910. The van der Waals surface area contributed by atoms with Gasteiger partial charge in [-0.15, -0.1) is 0 Å². The van der Waals surface area contributed by atoms with E-state index < -0.39 is 0 Å². The summed E-state index contributed by atoms with van der Waals surface area (Å²) in [6, 6.07) is 0.681. The minimum absolute atomic E-state index is 0.00910. The molecule has 0 aliphatic carbocycles. The fourth-order valence-corrected chi connectivity index (χ4v) is 3.56. The van der Waals surface area contributed by atoms with Crippen molar-refractivity contribution in [3.63, 3.8) is 0 Å². The third kappa shape index (κ3) is 3.91. The molecule has 2 fully saturated rings. The quantitative estimate of drug-likeness (QED) is 0.679. The Labute approximate surface area is 145 Å². The third-order valence-corrected chi connectivity index (χ3v) is 5.02. The van der Waals surface area contributed by atoms with Gasteiger partial charge in [-0.2, -0.15) is 0 Å². The molecule has 0 bridgehead atoms. The number of oxazole rings is 1. The summed E-state index contributed by atoms with van der Waals surface area (Å²) in [5, 5.41) is 3.40. The first kappa shape index (κ1) is 17.3. The summed E-state index contributed by atoms with van der Waals surface area (Å²) in [5.41, 5.74) is -0.00910. The van der Waals surface area contributed by atoms with E-state index in [9.17, 15) is 0 Å². The van der Waals surface area contributed by atoms with Crippen molar-refractivity contribution in [2.75, 3.05) is 33.2 Å². The molecule has 0 radical (unpaired) electrons. The molecule has 0 saturated carbocycles. The van der Waals surface area contributed by atoms with Gasteiger partial charge in [0.15, 0.2) is 5.96 Å².